The second-order valence-electron chi connectivity index (χ2n) is 2.71. The molecule has 1 aromatic rings. The van der Waals surface area contributed by atoms with Gasteiger partial charge in [-0.25, -0.2) is 0 Å². The van der Waals surface area contributed by atoms with Gasteiger partial charge >= 0.3 is 0 Å². The Morgan fingerprint density at radius 2 is 2.14 bits per heavy atom. The van der Waals surface area contributed by atoms with E-state index in [-0.39, 0.29) is 0 Å². The second kappa shape index (κ2) is 5.93. The molecule has 0 saturated carbocycles. The minimum Gasteiger partial charge on any atom is -0.306 e. The number of hydrogen-bond acceptors (Lipinski definition) is 1. The zero-order valence-corrected chi connectivity index (χ0v) is 9.41. The van der Waals surface area contributed by atoms with Gasteiger partial charge in [-0.1, -0.05) is 42.0 Å². The van der Waals surface area contributed by atoms with Crippen molar-refractivity contribution >= 4 is 23.2 Å². The summed E-state index contributed by atoms with van der Waals surface area (Å²) in [6.45, 7) is 3.62. The van der Waals surface area contributed by atoms with E-state index in [1.165, 1.54) is 0 Å². The Morgan fingerprint density at radius 3 is 2.86 bits per heavy atom. The monoisotopic (exact) mass is 227 g/mol. The van der Waals surface area contributed by atoms with Crippen molar-refractivity contribution < 1.29 is 0 Å². The first kappa shape index (κ1) is 11.4. The van der Waals surface area contributed by atoms with Gasteiger partial charge in [-0.3, -0.25) is 0 Å². The lowest BCUT2D eigenvalue weighted by Gasteiger charge is -1.96. The Morgan fingerprint density at radius 1 is 1.36 bits per heavy atom. The molecule has 0 bridgehead atoms. The van der Waals surface area contributed by atoms with Crippen molar-refractivity contribution in [1.29, 1.82) is 0 Å². The molecule has 0 aromatic heterocycles. The number of hydrogen-bond donors (Lipinski definition) is 1. The van der Waals surface area contributed by atoms with E-state index in [0.717, 1.165) is 12.1 Å². The van der Waals surface area contributed by atoms with Gasteiger partial charge in [0.05, 0.1) is 11.6 Å². The lowest BCUT2D eigenvalue weighted by molar-refractivity contribution is 0.811. The molecule has 0 aliphatic heterocycles. The third-order valence-electron chi connectivity index (χ3n) is 1.61. The third kappa shape index (κ3) is 3.59. The SMILES string of the molecule is CCNCC#Cc1cc(Cl)ccc1Cl. The maximum Gasteiger partial charge on any atom is 0.0580 e. The van der Waals surface area contributed by atoms with Crippen LogP contribution in [0.15, 0.2) is 18.2 Å². The molecule has 3 heteroatoms. The van der Waals surface area contributed by atoms with Crippen molar-refractivity contribution in [3.63, 3.8) is 0 Å². The van der Waals surface area contributed by atoms with E-state index in [1.807, 2.05) is 6.92 Å². The van der Waals surface area contributed by atoms with Gasteiger partial charge in [0.1, 0.15) is 0 Å². The van der Waals surface area contributed by atoms with Crippen molar-refractivity contribution in [2.45, 2.75) is 6.92 Å². The molecular formula is C11H11Cl2N. The van der Waals surface area contributed by atoms with E-state index in [4.69, 9.17) is 23.2 Å². The standard InChI is InChI=1S/C11H11Cl2N/c1-2-14-7-3-4-9-8-10(12)5-6-11(9)13/h5-6,8,14H,2,7H2,1H3. The van der Waals surface area contributed by atoms with Gasteiger partial charge in [-0.2, -0.15) is 0 Å². The van der Waals surface area contributed by atoms with Crippen LogP contribution in [0.25, 0.3) is 0 Å². The van der Waals surface area contributed by atoms with Crippen LogP contribution in [-0.2, 0) is 0 Å². The summed E-state index contributed by atoms with van der Waals surface area (Å²) in [5.41, 5.74) is 0.775. The fourth-order valence-electron chi connectivity index (χ4n) is 0.920. The maximum atomic E-state index is 5.93. The Labute approximate surface area is 94.4 Å². The predicted octanol–water partition coefficient (Wildman–Crippen LogP) is 2.95. The highest BCUT2D eigenvalue weighted by Gasteiger charge is 1.96. The molecule has 0 unspecified atom stereocenters. The minimum atomic E-state index is 0.637. The second-order valence-corrected chi connectivity index (χ2v) is 3.55. The summed E-state index contributed by atoms with van der Waals surface area (Å²) in [4.78, 5) is 0. The van der Waals surface area contributed by atoms with Crippen LogP contribution < -0.4 is 5.32 Å². The van der Waals surface area contributed by atoms with Crippen LogP contribution in [0.1, 0.15) is 12.5 Å². The maximum absolute atomic E-state index is 5.93. The number of nitrogens with one attached hydrogen (secondary N) is 1. The molecule has 0 aliphatic carbocycles. The van der Waals surface area contributed by atoms with Gasteiger partial charge in [-0.15, -0.1) is 0 Å². The molecule has 0 radical (unpaired) electrons. The van der Waals surface area contributed by atoms with Crippen LogP contribution in [0.4, 0.5) is 0 Å². The van der Waals surface area contributed by atoms with Crippen molar-refractivity contribution in [2.75, 3.05) is 13.1 Å². The highest BCUT2D eigenvalue weighted by atomic mass is 35.5. The first-order chi connectivity index (χ1) is 6.74. The quantitative estimate of drug-likeness (QED) is 0.606. The fourth-order valence-corrected chi connectivity index (χ4v) is 1.26. The molecule has 0 heterocycles. The molecule has 1 aromatic carbocycles. The lowest BCUT2D eigenvalue weighted by Crippen LogP contribution is -2.11. The van der Waals surface area contributed by atoms with Gasteiger partial charge in [0.25, 0.3) is 0 Å². The van der Waals surface area contributed by atoms with Gasteiger partial charge < -0.3 is 5.32 Å². The van der Waals surface area contributed by atoms with Gasteiger partial charge in [0, 0.05) is 10.6 Å². The number of halogens is 2. The smallest absolute Gasteiger partial charge is 0.0580 e. The molecule has 0 atom stereocenters. The largest absolute Gasteiger partial charge is 0.306 e. The van der Waals surface area contributed by atoms with Crippen molar-refractivity contribution in [3.8, 4) is 11.8 Å². The Bertz CT molecular complexity index is 363. The van der Waals surface area contributed by atoms with E-state index < -0.39 is 0 Å². The van der Waals surface area contributed by atoms with E-state index in [9.17, 15) is 0 Å². The Balaban J connectivity index is 2.73. The Hall–Kier alpha value is -0.680. The van der Waals surface area contributed by atoms with Crippen molar-refractivity contribution in [2.24, 2.45) is 0 Å². The van der Waals surface area contributed by atoms with Crippen molar-refractivity contribution in [1.82, 2.24) is 5.32 Å². The van der Waals surface area contributed by atoms with Crippen LogP contribution >= 0.6 is 23.2 Å². The summed E-state index contributed by atoms with van der Waals surface area (Å²) in [5, 5.41) is 4.40. The van der Waals surface area contributed by atoms with Crippen LogP contribution in [0, 0.1) is 11.8 Å². The molecule has 1 N–H and O–H groups in total. The van der Waals surface area contributed by atoms with E-state index in [0.29, 0.717) is 16.6 Å². The first-order valence-electron chi connectivity index (χ1n) is 4.38. The summed E-state index contributed by atoms with van der Waals surface area (Å²) < 4.78 is 0. The summed E-state index contributed by atoms with van der Waals surface area (Å²) in [5.74, 6) is 5.93. The van der Waals surface area contributed by atoms with Crippen LogP contribution in [0.3, 0.4) is 0 Å². The van der Waals surface area contributed by atoms with Crippen LogP contribution in [0.2, 0.25) is 10.0 Å². The molecular weight excluding hydrogens is 217 g/mol. The van der Waals surface area contributed by atoms with E-state index >= 15 is 0 Å². The molecule has 0 aliphatic rings. The van der Waals surface area contributed by atoms with Gasteiger partial charge in [0.2, 0.25) is 0 Å². The third-order valence-corrected chi connectivity index (χ3v) is 2.18. The zero-order valence-electron chi connectivity index (χ0n) is 7.90. The van der Waals surface area contributed by atoms with Crippen molar-refractivity contribution in [3.05, 3.63) is 33.8 Å². The molecule has 0 saturated heterocycles. The molecule has 1 rings (SSSR count). The average molecular weight is 228 g/mol. The van der Waals surface area contributed by atoms with E-state index in [1.54, 1.807) is 18.2 Å². The first-order valence-corrected chi connectivity index (χ1v) is 5.14. The topological polar surface area (TPSA) is 12.0 Å². The number of benzene rings is 1. The Kier molecular flexibility index (Phi) is 4.82. The molecule has 0 fully saturated rings. The van der Waals surface area contributed by atoms with Gasteiger partial charge in [-0.05, 0) is 24.7 Å². The predicted molar refractivity (Wildman–Crippen MR) is 61.9 cm³/mol. The molecule has 14 heavy (non-hydrogen) atoms. The average Bonchev–Trinajstić information content (AvgIpc) is 2.18. The fraction of sp³-hybridized carbons (Fsp3) is 0.273. The van der Waals surface area contributed by atoms with Crippen LogP contribution in [0.5, 0.6) is 0 Å². The van der Waals surface area contributed by atoms with E-state index in [2.05, 4.69) is 17.2 Å². The molecule has 1 nitrogen and oxygen atoms in total. The molecule has 0 amide bonds. The highest BCUT2D eigenvalue weighted by molar-refractivity contribution is 6.33. The summed E-state index contributed by atoms with van der Waals surface area (Å²) in [7, 11) is 0. The van der Waals surface area contributed by atoms with Gasteiger partial charge in [0.15, 0.2) is 0 Å². The summed E-state index contributed by atoms with van der Waals surface area (Å²) in [6.07, 6.45) is 0. The summed E-state index contributed by atoms with van der Waals surface area (Å²) >= 11 is 11.7. The summed E-state index contributed by atoms with van der Waals surface area (Å²) in [6, 6.07) is 5.27. The zero-order chi connectivity index (χ0) is 10.4. The van der Waals surface area contributed by atoms with Crippen LogP contribution in [-0.4, -0.2) is 13.1 Å². The highest BCUT2D eigenvalue weighted by Crippen LogP contribution is 2.19. The number of rotatable bonds is 2. The lowest BCUT2D eigenvalue weighted by atomic mass is 10.2. The molecule has 74 valence electrons. The molecule has 0 spiro atoms. The minimum absolute atomic E-state index is 0.637. The normalized spacial score (nSPS) is 9.36.